The molecule has 0 aromatic rings. The van der Waals surface area contributed by atoms with Crippen molar-refractivity contribution in [3.8, 4) is 0 Å². The topological polar surface area (TPSA) is 12.0 Å². The van der Waals surface area contributed by atoms with Gasteiger partial charge in [-0.2, -0.15) is 6.32 Å². The van der Waals surface area contributed by atoms with Gasteiger partial charge in [0.2, 0.25) is 0 Å². The van der Waals surface area contributed by atoms with Crippen LogP contribution in [0.4, 0.5) is 0 Å². The lowest BCUT2D eigenvalue weighted by molar-refractivity contribution is 0.703. The summed E-state index contributed by atoms with van der Waals surface area (Å²) in [5.74, 6) is 0. The van der Waals surface area contributed by atoms with Crippen LogP contribution in [0.15, 0.2) is 0 Å². The molecule has 0 bridgehead atoms. The van der Waals surface area contributed by atoms with E-state index in [1.54, 1.807) is 0 Å². The molecule has 0 spiro atoms. The first-order valence-electron chi connectivity index (χ1n) is 2.98. The second-order valence-electron chi connectivity index (χ2n) is 2.33. The van der Waals surface area contributed by atoms with Crippen LogP contribution >= 0.6 is 0 Å². The van der Waals surface area contributed by atoms with Gasteiger partial charge in [0.1, 0.15) is 0 Å². The minimum absolute atomic E-state index is 0.345. The Balaban J connectivity index is 2.18. The maximum atomic E-state index is 3.44. The Morgan fingerprint density at radius 1 is 1.83 bits per heavy atom. The highest BCUT2D eigenvalue weighted by atomic mass is 14.8. The third-order valence-electron chi connectivity index (χ3n) is 1.67. The lowest BCUT2D eigenvalue weighted by Gasteiger charge is -2.02. The summed E-state index contributed by atoms with van der Waals surface area (Å²) in [4.78, 5) is 0. The molecule has 1 fully saturated rings. The highest BCUT2D eigenvalue weighted by molar-refractivity contribution is 6.33. The molecule has 0 aromatic carbocycles. The molecular formula is C4H11BN-. The van der Waals surface area contributed by atoms with Crippen LogP contribution in [0.1, 0.15) is 13.3 Å². The summed E-state index contributed by atoms with van der Waals surface area (Å²) in [6.45, 7) is 2.26. The third-order valence-corrected chi connectivity index (χ3v) is 1.67. The van der Waals surface area contributed by atoms with Crippen molar-refractivity contribution in [1.82, 2.24) is 5.23 Å². The van der Waals surface area contributed by atoms with Gasteiger partial charge in [0.15, 0.2) is 0 Å². The standard InChI is InChI=1S/C4H11BN/c1-4-2-3-5-6-4/h4,6H,2-3,5H2,1H3/q-1. The summed E-state index contributed by atoms with van der Waals surface area (Å²) in [6, 6.07) is 0.852. The second-order valence-corrected chi connectivity index (χ2v) is 2.33. The Kier molecular flexibility index (Phi) is 1.15. The maximum absolute atomic E-state index is 3.44. The summed E-state index contributed by atoms with van der Waals surface area (Å²) in [6.07, 6.45) is 2.93. The first-order chi connectivity index (χ1) is 2.89. The molecule has 1 saturated heterocycles. The molecule has 1 unspecified atom stereocenters. The molecule has 6 heavy (non-hydrogen) atoms. The fraction of sp³-hybridized carbons (Fsp3) is 1.00. The smallest absolute Gasteiger partial charge is 0.0281 e. The average Bonchev–Trinajstić information content (AvgIpc) is 1.86. The zero-order valence-electron chi connectivity index (χ0n) is 4.49. The quantitative estimate of drug-likeness (QED) is 0.403. The van der Waals surface area contributed by atoms with Gasteiger partial charge in [0.25, 0.3) is 0 Å². The maximum Gasteiger partial charge on any atom is 0.0281 e. The summed E-state index contributed by atoms with van der Waals surface area (Å²) in [7, 11) is 0.345. The van der Waals surface area contributed by atoms with Crippen molar-refractivity contribution < 1.29 is 0 Å². The van der Waals surface area contributed by atoms with Gasteiger partial charge in [-0.15, -0.1) is 0 Å². The Hall–Kier alpha value is 0.0249. The van der Waals surface area contributed by atoms with E-state index in [4.69, 9.17) is 0 Å². The highest BCUT2D eigenvalue weighted by Crippen LogP contribution is 2.00. The van der Waals surface area contributed by atoms with Crippen molar-refractivity contribution in [3.05, 3.63) is 0 Å². The molecule has 1 rings (SSSR count). The van der Waals surface area contributed by atoms with Gasteiger partial charge >= 0.3 is 0 Å². The van der Waals surface area contributed by atoms with E-state index >= 15 is 0 Å². The van der Waals surface area contributed by atoms with E-state index in [1.807, 2.05) is 0 Å². The van der Waals surface area contributed by atoms with E-state index in [0.717, 1.165) is 6.04 Å². The van der Waals surface area contributed by atoms with Crippen LogP contribution in [0.3, 0.4) is 0 Å². The molecule has 1 N–H and O–H groups in total. The van der Waals surface area contributed by atoms with E-state index in [2.05, 4.69) is 12.2 Å². The van der Waals surface area contributed by atoms with E-state index < -0.39 is 0 Å². The number of hydrogen-bond donors (Lipinski definition) is 1. The molecular weight excluding hydrogens is 72.9 g/mol. The predicted octanol–water partition coefficient (Wildman–Crippen LogP) is -0.130. The van der Waals surface area contributed by atoms with E-state index in [1.165, 1.54) is 12.7 Å². The Bertz CT molecular complexity index is 40.8. The number of rotatable bonds is 0. The number of nitrogens with one attached hydrogen (secondary N) is 1. The van der Waals surface area contributed by atoms with Crippen LogP contribution in [0.2, 0.25) is 6.32 Å². The van der Waals surface area contributed by atoms with Crippen LogP contribution in [0, 0.1) is 0 Å². The van der Waals surface area contributed by atoms with Crippen LogP contribution < -0.4 is 5.23 Å². The lowest BCUT2D eigenvalue weighted by atomic mass is 9.94. The molecule has 0 radical (unpaired) electrons. The van der Waals surface area contributed by atoms with Crippen molar-refractivity contribution in [3.63, 3.8) is 0 Å². The second kappa shape index (κ2) is 1.65. The number of hydrogen-bond acceptors (Lipinski definition) is 1. The Morgan fingerprint density at radius 3 is 2.83 bits per heavy atom. The van der Waals surface area contributed by atoms with Gasteiger partial charge in [0, 0.05) is 7.41 Å². The van der Waals surface area contributed by atoms with Gasteiger partial charge in [-0.1, -0.05) is 13.3 Å². The van der Waals surface area contributed by atoms with Crippen LogP contribution in [0.25, 0.3) is 0 Å². The molecule has 0 aliphatic carbocycles. The summed E-state index contributed by atoms with van der Waals surface area (Å²) < 4.78 is 0. The zero-order valence-corrected chi connectivity index (χ0v) is 4.49. The first kappa shape index (κ1) is 4.19. The van der Waals surface area contributed by atoms with Gasteiger partial charge in [-0.25, -0.2) is 0 Å². The minimum atomic E-state index is 0.345. The molecule has 1 aliphatic heterocycles. The minimum Gasteiger partial charge on any atom is -0.492 e. The molecule has 1 aliphatic rings. The molecule has 36 valence electrons. The molecule has 1 nitrogen and oxygen atoms in total. The molecule has 0 aromatic heterocycles. The largest absolute Gasteiger partial charge is 0.492 e. The lowest BCUT2D eigenvalue weighted by Crippen LogP contribution is -2.18. The van der Waals surface area contributed by atoms with Gasteiger partial charge in [-0.3, -0.25) is 0 Å². The Morgan fingerprint density at radius 2 is 2.67 bits per heavy atom. The van der Waals surface area contributed by atoms with Crippen molar-refractivity contribution in [2.75, 3.05) is 0 Å². The van der Waals surface area contributed by atoms with Crippen molar-refractivity contribution in [2.45, 2.75) is 25.7 Å². The molecule has 1 atom stereocenters. The first-order valence-corrected chi connectivity index (χ1v) is 2.98. The fourth-order valence-electron chi connectivity index (χ4n) is 1.21. The Labute approximate surface area is 39.4 Å². The average molecular weight is 84.0 g/mol. The highest BCUT2D eigenvalue weighted by Gasteiger charge is 1.99. The summed E-state index contributed by atoms with van der Waals surface area (Å²) >= 11 is 0. The van der Waals surface area contributed by atoms with Gasteiger partial charge in [-0.05, 0) is 6.04 Å². The zero-order chi connectivity index (χ0) is 4.41. The third kappa shape index (κ3) is 0.746. The van der Waals surface area contributed by atoms with Crippen LogP contribution in [0.5, 0.6) is 0 Å². The summed E-state index contributed by atoms with van der Waals surface area (Å²) in [5.41, 5.74) is 0. The predicted molar refractivity (Wildman–Crippen MR) is 30.6 cm³/mol. The monoisotopic (exact) mass is 84.1 g/mol. The molecule has 0 saturated carbocycles. The van der Waals surface area contributed by atoms with Gasteiger partial charge in [0.05, 0.1) is 0 Å². The van der Waals surface area contributed by atoms with Crippen molar-refractivity contribution >= 4 is 7.41 Å². The summed E-state index contributed by atoms with van der Waals surface area (Å²) in [5, 5.41) is 3.44. The van der Waals surface area contributed by atoms with E-state index in [-0.39, 0.29) is 0 Å². The fourth-order valence-corrected chi connectivity index (χ4v) is 1.21. The van der Waals surface area contributed by atoms with E-state index in [0.29, 0.717) is 7.41 Å². The van der Waals surface area contributed by atoms with E-state index in [9.17, 15) is 0 Å². The van der Waals surface area contributed by atoms with Crippen molar-refractivity contribution in [1.29, 1.82) is 0 Å². The van der Waals surface area contributed by atoms with Gasteiger partial charge < -0.3 is 5.23 Å². The SMILES string of the molecule is CC1CC[BH2-]N1. The van der Waals surface area contributed by atoms with Crippen molar-refractivity contribution in [2.24, 2.45) is 0 Å². The molecule has 1 heterocycles. The normalized spacial score (nSPS) is 34.5. The molecule has 2 heteroatoms. The van der Waals surface area contributed by atoms with Crippen LogP contribution in [-0.2, 0) is 0 Å². The molecule has 0 amide bonds. The van der Waals surface area contributed by atoms with Crippen LogP contribution in [-0.4, -0.2) is 13.5 Å².